The number of amides is 1. The van der Waals surface area contributed by atoms with E-state index in [1.165, 1.54) is 0 Å². The van der Waals surface area contributed by atoms with Crippen LogP contribution in [0.3, 0.4) is 0 Å². The van der Waals surface area contributed by atoms with Crippen molar-refractivity contribution in [1.82, 2.24) is 19.9 Å². The molecule has 7 nitrogen and oxygen atoms in total. The average molecular weight is 461 g/mol. The minimum Gasteiger partial charge on any atom is -0.444 e. The third kappa shape index (κ3) is 4.08. The maximum atomic E-state index is 13.0. The number of fused-ring (bicyclic) bond motifs is 1. The van der Waals surface area contributed by atoms with Crippen LogP contribution in [0.1, 0.15) is 62.8 Å². The summed E-state index contributed by atoms with van der Waals surface area (Å²) in [4.78, 5) is 39.5. The van der Waals surface area contributed by atoms with Crippen molar-refractivity contribution in [3.63, 3.8) is 0 Å². The lowest BCUT2D eigenvalue weighted by Crippen LogP contribution is -2.37. The van der Waals surface area contributed by atoms with Gasteiger partial charge in [-0.1, -0.05) is 6.07 Å². The van der Waals surface area contributed by atoms with E-state index in [4.69, 9.17) is 9.72 Å². The Morgan fingerprint density at radius 2 is 2.03 bits per heavy atom. The van der Waals surface area contributed by atoms with Crippen molar-refractivity contribution in [2.75, 3.05) is 6.54 Å². The summed E-state index contributed by atoms with van der Waals surface area (Å²) in [5, 5.41) is 0. The van der Waals surface area contributed by atoms with Gasteiger partial charge >= 0.3 is 6.09 Å². The minimum absolute atomic E-state index is 0.179. The fourth-order valence-electron chi connectivity index (χ4n) is 3.74. The third-order valence-electron chi connectivity index (χ3n) is 5.35. The number of hydrogen-bond donors (Lipinski definition) is 1. The Morgan fingerprint density at radius 3 is 2.69 bits per heavy atom. The first-order chi connectivity index (χ1) is 13.7. The SMILES string of the molecule is CC(C)(C)OC(=O)N1CCCc2nc(C3(c4cccc(Br)n4)CC3)[nH]c(=O)c2C1. The highest BCUT2D eigenvalue weighted by molar-refractivity contribution is 9.10. The molecule has 3 heterocycles. The zero-order valence-electron chi connectivity index (χ0n) is 16.9. The molecule has 0 spiro atoms. The Hall–Kier alpha value is -2.22. The van der Waals surface area contributed by atoms with Crippen molar-refractivity contribution in [2.45, 2.75) is 64.0 Å². The van der Waals surface area contributed by atoms with Gasteiger partial charge in [-0.05, 0) is 74.5 Å². The number of carbonyl (C=O) groups is 1. The van der Waals surface area contributed by atoms with Gasteiger partial charge in [0.15, 0.2) is 0 Å². The molecule has 1 aliphatic carbocycles. The molecular weight excluding hydrogens is 436 g/mol. The second-order valence-electron chi connectivity index (χ2n) is 8.77. The van der Waals surface area contributed by atoms with Gasteiger partial charge in [-0.25, -0.2) is 14.8 Å². The fourth-order valence-corrected chi connectivity index (χ4v) is 4.09. The average Bonchev–Trinajstić information content (AvgIpc) is 3.44. The molecule has 1 aliphatic heterocycles. The number of nitrogens with zero attached hydrogens (tertiary/aromatic N) is 3. The number of aromatic amines is 1. The molecule has 0 unspecified atom stereocenters. The second-order valence-corrected chi connectivity index (χ2v) is 9.59. The topological polar surface area (TPSA) is 88.2 Å². The van der Waals surface area contributed by atoms with Gasteiger partial charge in [0, 0.05) is 6.54 Å². The van der Waals surface area contributed by atoms with E-state index in [-0.39, 0.29) is 17.5 Å². The number of halogens is 1. The molecule has 1 fully saturated rings. The van der Waals surface area contributed by atoms with Gasteiger partial charge in [-0.2, -0.15) is 0 Å². The molecule has 8 heteroatoms. The number of aryl methyl sites for hydroxylation is 1. The Labute approximate surface area is 178 Å². The lowest BCUT2D eigenvalue weighted by molar-refractivity contribution is 0.0236. The molecule has 1 amide bonds. The van der Waals surface area contributed by atoms with Crippen LogP contribution in [0.2, 0.25) is 0 Å². The minimum atomic E-state index is -0.573. The maximum Gasteiger partial charge on any atom is 0.410 e. The zero-order chi connectivity index (χ0) is 20.8. The van der Waals surface area contributed by atoms with E-state index in [2.05, 4.69) is 25.9 Å². The Kier molecular flexibility index (Phi) is 5.01. The zero-order valence-corrected chi connectivity index (χ0v) is 18.5. The van der Waals surface area contributed by atoms with Gasteiger partial charge in [0.25, 0.3) is 5.56 Å². The molecule has 29 heavy (non-hydrogen) atoms. The van der Waals surface area contributed by atoms with Crippen molar-refractivity contribution in [2.24, 2.45) is 0 Å². The predicted octanol–water partition coefficient (Wildman–Crippen LogP) is 3.69. The maximum absolute atomic E-state index is 13.0. The summed E-state index contributed by atoms with van der Waals surface area (Å²) in [6.45, 7) is 6.26. The Bertz CT molecular complexity index is 1010. The number of rotatable bonds is 2. The van der Waals surface area contributed by atoms with Crippen LogP contribution in [0.15, 0.2) is 27.6 Å². The summed E-state index contributed by atoms with van der Waals surface area (Å²) in [5.74, 6) is 0.678. The highest BCUT2D eigenvalue weighted by atomic mass is 79.9. The van der Waals surface area contributed by atoms with Crippen molar-refractivity contribution in [1.29, 1.82) is 0 Å². The van der Waals surface area contributed by atoms with Gasteiger partial charge in [0.05, 0.1) is 28.9 Å². The Balaban J connectivity index is 1.65. The van der Waals surface area contributed by atoms with E-state index in [1.807, 2.05) is 39.0 Å². The van der Waals surface area contributed by atoms with Crippen LogP contribution in [-0.2, 0) is 23.1 Å². The summed E-state index contributed by atoms with van der Waals surface area (Å²) in [6, 6.07) is 5.82. The molecule has 0 bridgehead atoms. The number of aromatic nitrogens is 3. The van der Waals surface area contributed by atoms with Crippen molar-refractivity contribution >= 4 is 22.0 Å². The molecule has 2 aromatic heterocycles. The van der Waals surface area contributed by atoms with E-state index >= 15 is 0 Å². The van der Waals surface area contributed by atoms with Gasteiger partial charge in [0.2, 0.25) is 0 Å². The van der Waals surface area contributed by atoms with Gasteiger partial charge in [-0.3, -0.25) is 4.79 Å². The Morgan fingerprint density at radius 1 is 1.28 bits per heavy atom. The van der Waals surface area contributed by atoms with E-state index < -0.39 is 11.7 Å². The predicted molar refractivity (Wildman–Crippen MR) is 112 cm³/mol. The van der Waals surface area contributed by atoms with Crippen LogP contribution >= 0.6 is 15.9 Å². The molecule has 1 saturated carbocycles. The summed E-state index contributed by atoms with van der Waals surface area (Å²) in [7, 11) is 0. The van der Waals surface area contributed by atoms with E-state index in [9.17, 15) is 9.59 Å². The van der Waals surface area contributed by atoms with Gasteiger partial charge < -0.3 is 14.6 Å². The second kappa shape index (κ2) is 7.23. The van der Waals surface area contributed by atoms with E-state index in [0.717, 1.165) is 35.3 Å². The smallest absolute Gasteiger partial charge is 0.410 e. The molecule has 2 aromatic rings. The molecular formula is C21H25BrN4O3. The summed E-state index contributed by atoms with van der Waals surface area (Å²) >= 11 is 3.43. The first-order valence-corrected chi connectivity index (χ1v) is 10.7. The summed E-state index contributed by atoms with van der Waals surface area (Å²) < 4.78 is 6.26. The fraction of sp³-hybridized carbons (Fsp3) is 0.524. The lowest BCUT2D eigenvalue weighted by atomic mass is 10.00. The summed E-state index contributed by atoms with van der Waals surface area (Å²) in [6.07, 6.45) is 2.81. The van der Waals surface area contributed by atoms with Crippen molar-refractivity contribution < 1.29 is 9.53 Å². The van der Waals surface area contributed by atoms with Gasteiger partial charge in [0.1, 0.15) is 16.0 Å². The standard InChI is InChI=1S/C21H25BrN4O3/c1-20(2,3)29-19(28)26-11-5-6-14-13(12-26)17(27)25-18(23-14)21(9-10-21)15-7-4-8-16(22)24-15/h4,7-8H,5-6,9-12H2,1-3H3,(H,23,25,27). The highest BCUT2D eigenvalue weighted by Gasteiger charge is 2.50. The number of pyridine rings is 1. The largest absolute Gasteiger partial charge is 0.444 e. The van der Waals surface area contributed by atoms with Crippen LogP contribution < -0.4 is 5.56 Å². The quantitative estimate of drug-likeness (QED) is 0.690. The van der Waals surface area contributed by atoms with Crippen LogP contribution in [-0.4, -0.2) is 38.1 Å². The van der Waals surface area contributed by atoms with E-state index in [1.54, 1.807) is 4.90 Å². The van der Waals surface area contributed by atoms with E-state index in [0.29, 0.717) is 24.4 Å². The number of nitrogens with one attached hydrogen (secondary N) is 1. The monoisotopic (exact) mass is 460 g/mol. The number of ether oxygens (including phenoxy) is 1. The van der Waals surface area contributed by atoms with Crippen LogP contribution in [0.4, 0.5) is 4.79 Å². The number of hydrogen-bond acceptors (Lipinski definition) is 5. The van der Waals surface area contributed by atoms with Crippen LogP contribution in [0, 0.1) is 0 Å². The molecule has 4 rings (SSSR count). The molecule has 154 valence electrons. The molecule has 2 aliphatic rings. The van der Waals surface area contributed by atoms with Crippen molar-refractivity contribution in [3.05, 3.63) is 55.9 Å². The van der Waals surface area contributed by atoms with Crippen LogP contribution in [0.5, 0.6) is 0 Å². The highest BCUT2D eigenvalue weighted by Crippen LogP contribution is 2.51. The van der Waals surface area contributed by atoms with Crippen LogP contribution in [0.25, 0.3) is 0 Å². The number of carbonyl (C=O) groups excluding carboxylic acids is 1. The lowest BCUT2D eigenvalue weighted by Gasteiger charge is -2.26. The first kappa shape index (κ1) is 20.1. The van der Waals surface area contributed by atoms with Gasteiger partial charge in [-0.15, -0.1) is 0 Å². The summed E-state index contributed by atoms with van der Waals surface area (Å²) in [5.41, 5.74) is 1.16. The van der Waals surface area contributed by atoms with Crippen molar-refractivity contribution in [3.8, 4) is 0 Å². The molecule has 1 N–H and O–H groups in total. The number of H-pyrrole nitrogens is 1. The molecule has 0 atom stereocenters. The molecule has 0 radical (unpaired) electrons. The normalized spacial score (nSPS) is 18.0. The third-order valence-corrected chi connectivity index (χ3v) is 5.79. The molecule has 0 saturated heterocycles. The first-order valence-electron chi connectivity index (χ1n) is 9.91. The molecule has 0 aromatic carbocycles.